The van der Waals surface area contributed by atoms with Crippen molar-refractivity contribution in [3.05, 3.63) is 59.6 Å². The van der Waals surface area contributed by atoms with Crippen LogP contribution in [0.25, 0.3) is 10.9 Å². The number of halogens is 1. The highest BCUT2D eigenvalue weighted by molar-refractivity contribution is 6.31. The molecule has 1 aliphatic rings. The average molecular weight is 354 g/mol. The molecule has 0 radical (unpaired) electrons. The average Bonchev–Trinajstić information content (AvgIpc) is 3.02. The molecule has 2 heterocycles. The minimum atomic E-state index is -0.0901. The lowest BCUT2D eigenvalue weighted by Gasteiger charge is -2.20. The van der Waals surface area contributed by atoms with Crippen molar-refractivity contribution in [3.8, 4) is 5.88 Å². The molecule has 1 fully saturated rings. The number of ether oxygens (including phenoxy) is 1. The number of pyridine rings is 1. The highest BCUT2D eigenvalue weighted by atomic mass is 35.5. The summed E-state index contributed by atoms with van der Waals surface area (Å²) >= 11 is 6.09. The van der Waals surface area contributed by atoms with Crippen LogP contribution < -0.4 is 14.5 Å². The molecule has 1 saturated heterocycles. The van der Waals surface area contributed by atoms with Crippen LogP contribution in [0.2, 0.25) is 5.02 Å². The predicted molar refractivity (Wildman–Crippen MR) is 99.8 cm³/mol. The number of anilines is 2. The molecule has 1 aromatic heterocycles. The maximum absolute atomic E-state index is 12.9. The van der Waals surface area contributed by atoms with Crippen LogP contribution in [0.15, 0.2) is 54.6 Å². The van der Waals surface area contributed by atoms with Crippen LogP contribution in [0.3, 0.4) is 0 Å². The third-order valence-corrected chi connectivity index (χ3v) is 4.52. The van der Waals surface area contributed by atoms with Crippen LogP contribution in [0, 0.1) is 0 Å². The standard InChI is InChI=1S/C19H16ClN3O2/c1-25-18-17(12-13-11-14(20)7-8-16(13)21-18)23-10-9-22(19(23)24)15-5-3-2-4-6-15/h2-8,11-12H,9-10H2,1H3. The molecule has 126 valence electrons. The molecule has 5 nitrogen and oxygen atoms in total. The van der Waals surface area contributed by atoms with E-state index in [9.17, 15) is 4.79 Å². The molecule has 0 N–H and O–H groups in total. The van der Waals surface area contributed by atoms with Gasteiger partial charge in [-0.05, 0) is 36.4 Å². The van der Waals surface area contributed by atoms with Crippen molar-refractivity contribution >= 4 is 39.9 Å². The van der Waals surface area contributed by atoms with Gasteiger partial charge in [-0.1, -0.05) is 29.8 Å². The van der Waals surface area contributed by atoms with Crippen molar-refractivity contribution in [1.29, 1.82) is 0 Å². The van der Waals surface area contributed by atoms with Gasteiger partial charge in [0.25, 0.3) is 0 Å². The van der Waals surface area contributed by atoms with Gasteiger partial charge >= 0.3 is 6.03 Å². The van der Waals surface area contributed by atoms with Gasteiger partial charge < -0.3 is 4.74 Å². The topological polar surface area (TPSA) is 45.7 Å². The van der Waals surface area contributed by atoms with E-state index in [0.29, 0.717) is 29.7 Å². The van der Waals surface area contributed by atoms with Crippen molar-refractivity contribution < 1.29 is 9.53 Å². The van der Waals surface area contributed by atoms with Crippen LogP contribution in [0.1, 0.15) is 0 Å². The number of carbonyl (C=O) groups excluding carboxylic acids is 1. The van der Waals surface area contributed by atoms with Gasteiger partial charge in [0.05, 0.1) is 12.6 Å². The van der Waals surface area contributed by atoms with Crippen LogP contribution in [0.5, 0.6) is 5.88 Å². The number of rotatable bonds is 3. The number of nitrogens with zero attached hydrogens (tertiary/aromatic N) is 3. The van der Waals surface area contributed by atoms with Gasteiger partial charge in [0.1, 0.15) is 5.69 Å². The Balaban J connectivity index is 1.75. The molecular formula is C19H16ClN3O2. The molecule has 25 heavy (non-hydrogen) atoms. The van der Waals surface area contributed by atoms with Crippen LogP contribution in [-0.2, 0) is 0 Å². The van der Waals surface area contributed by atoms with E-state index in [1.165, 1.54) is 0 Å². The molecule has 1 aliphatic heterocycles. The van der Waals surface area contributed by atoms with E-state index in [1.807, 2.05) is 48.5 Å². The van der Waals surface area contributed by atoms with Gasteiger partial charge in [0.15, 0.2) is 0 Å². The lowest BCUT2D eigenvalue weighted by atomic mass is 10.2. The Morgan fingerprint density at radius 2 is 1.80 bits per heavy atom. The second-order valence-corrected chi connectivity index (χ2v) is 6.21. The molecule has 6 heteroatoms. The summed E-state index contributed by atoms with van der Waals surface area (Å²) < 4.78 is 5.43. The zero-order valence-corrected chi connectivity index (χ0v) is 14.4. The lowest BCUT2D eigenvalue weighted by Crippen LogP contribution is -2.32. The van der Waals surface area contributed by atoms with Crippen molar-refractivity contribution in [2.45, 2.75) is 0 Å². The lowest BCUT2D eigenvalue weighted by molar-refractivity contribution is 0.255. The van der Waals surface area contributed by atoms with Crippen molar-refractivity contribution in [3.63, 3.8) is 0 Å². The fourth-order valence-electron chi connectivity index (χ4n) is 3.07. The summed E-state index contributed by atoms with van der Waals surface area (Å²) in [6, 6.07) is 16.9. The van der Waals surface area contributed by atoms with Gasteiger partial charge in [-0.25, -0.2) is 9.78 Å². The molecule has 0 spiro atoms. The first-order chi connectivity index (χ1) is 12.2. The number of hydrogen-bond donors (Lipinski definition) is 0. The first-order valence-corrected chi connectivity index (χ1v) is 8.33. The highest BCUT2D eigenvalue weighted by Gasteiger charge is 2.32. The molecule has 2 amide bonds. The second-order valence-electron chi connectivity index (χ2n) is 5.78. The largest absolute Gasteiger partial charge is 0.479 e. The minimum Gasteiger partial charge on any atom is -0.479 e. The minimum absolute atomic E-state index is 0.0901. The van der Waals surface area contributed by atoms with E-state index >= 15 is 0 Å². The molecular weight excluding hydrogens is 338 g/mol. The Labute approximate surface area is 150 Å². The van der Waals surface area contributed by atoms with E-state index < -0.39 is 0 Å². The number of aromatic nitrogens is 1. The number of fused-ring (bicyclic) bond motifs is 1. The van der Waals surface area contributed by atoms with Gasteiger partial charge in [0, 0.05) is 29.2 Å². The number of para-hydroxylation sites is 1. The molecule has 2 aromatic carbocycles. The Hall–Kier alpha value is -2.79. The van der Waals surface area contributed by atoms with Crippen LogP contribution in [0.4, 0.5) is 16.2 Å². The molecule has 4 rings (SSSR count). The van der Waals surface area contributed by atoms with Crippen LogP contribution in [-0.4, -0.2) is 31.2 Å². The van der Waals surface area contributed by atoms with Crippen molar-refractivity contribution in [2.24, 2.45) is 0 Å². The summed E-state index contributed by atoms with van der Waals surface area (Å²) in [5, 5.41) is 1.50. The maximum atomic E-state index is 12.9. The molecule has 0 saturated carbocycles. The third kappa shape index (κ3) is 2.76. The zero-order chi connectivity index (χ0) is 17.4. The van der Waals surface area contributed by atoms with E-state index in [4.69, 9.17) is 16.3 Å². The summed E-state index contributed by atoms with van der Waals surface area (Å²) in [5.74, 6) is 0.429. The summed E-state index contributed by atoms with van der Waals surface area (Å²) in [6.07, 6.45) is 0. The Morgan fingerprint density at radius 3 is 2.56 bits per heavy atom. The molecule has 0 unspecified atom stereocenters. The fourth-order valence-corrected chi connectivity index (χ4v) is 3.25. The number of carbonyl (C=O) groups is 1. The second kappa shape index (κ2) is 6.26. The zero-order valence-electron chi connectivity index (χ0n) is 13.6. The Morgan fingerprint density at radius 1 is 1.04 bits per heavy atom. The van der Waals surface area contributed by atoms with Gasteiger partial charge in [-0.3, -0.25) is 9.80 Å². The van der Waals surface area contributed by atoms with E-state index in [-0.39, 0.29) is 6.03 Å². The van der Waals surface area contributed by atoms with E-state index in [2.05, 4.69) is 4.98 Å². The quantitative estimate of drug-likeness (QED) is 0.703. The first kappa shape index (κ1) is 15.7. The monoisotopic (exact) mass is 353 g/mol. The van der Waals surface area contributed by atoms with Crippen LogP contribution >= 0.6 is 11.6 Å². The molecule has 0 atom stereocenters. The third-order valence-electron chi connectivity index (χ3n) is 4.28. The number of amides is 2. The van der Waals surface area contributed by atoms with Gasteiger partial charge in [-0.2, -0.15) is 0 Å². The number of methoxy groups -OCH3 is 1. The number of benzene rings is 2. The molecule has 0 bridgehead atoms. The summed E-state index contributed by atoms with van der Waals surface area (Å²) in [7, 11) is 1.56. The summed E-state index contributed by atoms with van der Waals surface area (Å²) in [4.78, 5) is 20.9. The normalized spacial score (nSPS) is 14.4. The number of hydrogen-bond acceptors (Lipinski definition) is 3. The SMILES string of the molecule is COc1nc2ccc(Cl)cc2cc1N1CCN(c2ccccc2)C1=O. The van der Waals surface area contributed by atoms with Crippen molar-refractivity contribution in [1.82, 2.24) is 4.98 Å². The van der Waals surface area contributed by atoms with Gasteiger partial charge in [0.2, 0.25) is 5.88 Å². The highest BCUT2D eigenvalue weighted by Crippen LogP contribution is 2.34. The van der Waals surface area contributed by atoms with Gasteiger partial charge in [-0.15, -0.1) is 0 Å². The first-order valence-electron chi connectivity index (χ1n) is 7.96. The predicted octanol–water partition coefficient (Wildman–Crippen LogP) is 4.34. The summed E-state index contributed by atoms with van der Waals surface area (Å²) in [6.45, 7) is 1.18. The smallest absolute Gasteiger partial charge is 0.329 e. The van der Waals surface area contributed by atoms with E-state index in [0.717, 1.165) is 16.6 Å². The summed E-state index contributed by atoms with van der Waals surface area (Å²) in [5.41, 5.74) is 2.31. The fraction of sp³-hybridized carbons (Fsp3) is 0.158. The molecule has 0 aliphatic carbocycles. The van der Waals surface area contributed by atoms with E-state index in [1.54, 1.807) is 23.0 Å². The maximum Gasteiger partial charge on any atom is 0.329 e. The molecule has 3 aromatic rings. The Kier molecular flexibility index (Phi) is 3.93. The van der Waals surface area contributed by atoms with Crippen molar-refractivity contribution in [2.75, 3.05) is 30.0 Å². The Bertz CT molecular complexity index is 946. The number of urea groups is 1.